The van der Waals surface area contributed by atoms with Crippen molar-refractivity contribution >= 4 is 29.5 Å². The van der Waals surface area contributed by atoms with Crippen LogP contribution in [0.5, 0.6) is 0 Å². The Bertz CT molecular complexity index is 747. The van der Waals surface area contributed by atoms with E-state index in [2.05, 4.69) is 5.32 Å². The first-order valence-corrected chi connectivity index (χ1v) is 7.40. The van der Waals surface area contributed by atoms with Crippen molar-refractivity contribution in [2.24, 2.45) is 0 Å². The Balaban J connectivity index is 1.97. The molecule has 6 heteroatoms. The lowest BCUT2D eigenvalue weighted by molar-refractivity contribution is -0.136. The van der Waals surface area contributed by atoms with Crippen LogP contribution in [0.3, 0.4) is 0 Å². The van der Waals surface area contributed by atoms with Crippen LogP contribution in [0.25, 0.3) is 11.8 Å². The molecule has 1 unspecified atom stereocenters. The Morgan fingerprint density at radius 2 is 2.22 bits per heavy atom. The van der Waals surface area contributed by atoms with E-state index in [4.69, 9.17) is 5.11 Å². The number of nitrogens with one attached hydrogen (secondary N) is 1. The summed E-state index contributed by atoms with van der Waals surface area (Å²) in [6, 6.07) is 4.98. The molecular formula is C17H16N2O4. The zero-order valence-corrected chi connectivity index (χ0v) is 12.4. The number of carbonyl (C=O) groups is 2. The molecule has 3 rings (SSSR count). The van der Waals surface area contributed by atoms with Crippen molar-refractivity contribution in [1.29, 1.82) is 0 Å². The van der Waals surface area contributed by atoms with Gasteiger partial charge in [-0.1, -0.05) is 30.4 Å². The van der Waals surface area contributed by atoms with Gasteiger partial charge in [0.15, 0.2) is 5.94 Å². The number of hydrogen-bond donors (Lipinski definition) is 2. The third kappa shape index (κ3) is 2.70. The summed E-state index contributed by atoms with van der Waals surface area (Å²) in [6.07, 6.45) is 4.04. The molecule has 1 aromatic carbocycles. The van der Waals surface area contributed by atoms with E-state index in [9.17, 15) is 14.4 Å². The van der Waals surface area contributed by atoms with E-state index in [1.807, 2.05) is 24.1 Å². The van der Waals surface area contributed by atoms with Crippen molar-refractivity contribution < 1.29 is 19.5 Å². The van der Waals surface area contributed by atoms with Crippen molar-refractivity contribution in [2.75, 3.05) is 6.61 Å². The first kappa shape index (κ1) is 15.2. The molecule has 0 radical (unpaired) electrons. The lowest BCUT2D eigenvalue weighted by Gasteiger charge is -2.30. The van der Waals surface area contributed by atoms with Gasteiger partial charge in [-0.05, 0) is 17.5 Å². The van der Waals surface area contributed by atoms with E-state index >= 15 is 0 Å². The van der Waals surface area contributed by atoms with Gasteiger partial charge in [-0.15, -0.1) is 0 Å². The number of aliphatic hydroxyl groups excluding tert-OH is 1. The van der Waals surface area contributed by atoms with Crippen LogP contribution in [-0.2, 0) is 20.9 Å². The van der Waals surface area contributed by atoms with Gasteiger partial charge in [0.1, 0.15) is 11.7 Å². The van der Waals surface area contributed by atoms with Crippen molar-refractivity contribution in [3.05, 3.63) is 41.0 Å². The molecule has 1 fully saturated rings. The van der Waals surface area contributed by atoms with Crippen LogP contribution in [0.15, 0.2) is 24.3 Å². The van der Waals surface area contributed by atoms with Gasteiger partial charge in [0.25, 0.3) is 0 Å². The van der Waals surface area contributed by atoms with E-state index in [1.54, 1.807) is 17.1 Å². The summed E-state index contributed by atoms with van der Waals surface area (Å²) in [5, 5.41) is 11.3. The number of imide groups is 1. The second kappa shape index (κ2) is 6.20. The van der Waals surface area contributed by atoms with Crippen molar-refractivity contribution in [3.63, 3.8) is 0 Å². The first-order chi connectivity index (χ1) is 11.2. The minimum atomic E-state index is -0.550. The number of nitrogens with zero attached hydrogens (tertiary/aromatic N) is 1. The molecule has 0 aliphatic carbocycles. The highest BCUT2D eigenvalue weighted by molar-refractivity contribution is 6.02. The summed E-state index contributed by atoms with van der Waals surface area (Å²) in [4.78, 5) is 36.6. The lowest BCUT2D eigenvalue weighted by Crippen LogP contribution is -2.50. The zero-order valence-electron chi connectivity index (χ0n) is 12.4. The average Bonchev–Trinajstić information content (AvgIpc) is 2.91. The SMILES string of the molecule is O=C=C1c2cccc(C=CCO)c2CN1C1CCC(=O)NC1=O. The molecule has 118 valence electrons. The maximum absolute atomic E-state index is 12.1. The van der Waals surface area contributed by atoms with Gasteiger partial charge in [-0.2, -0.15) is 0 Å². The fourth-order valence-electron chi connectivity index (χ4n) is 3.10. The molecule has 0 bridgehead atoms. The summed E-state index contributed by atoms with van der Waals surface area (Å²) in [5.74, 6) is 1.27. The maximum atomic E-state index is 12.1. The van der Waals surface area contributed by atoms with Gasteiger partial charge < -0.3 is 10.0 Å². The summed E-state index contributed by atoms with van der Waals surface area (Å²) in [6.45, 7) is 0.328. The molecule has 1 saturated heterocycles. The quantitative estimate of drug-likeness (QED) is 0.626. The molecule has 0 saturated carbocycles. The fraction of sp³-hybridized carbons (Fsp3) is 0.294. The first-order valence-electron chi connectivity index (χ1n) is 7.40. The molecule has 1 atom stereocenters. The Morgan fingerprint density at radius 1 is 1.39 bits per heavy atom. The van der Waals surface area contributed by atoms with Gasteiger partial charge in [0.05, 0.1) is 6.61 Å². The summed E-state index contributed by atoms with van der Waals surface area (Å²) >= 11 is 0. The molecule has 6 nitrogen and oxygen atoms in total. The summed E-state index contributed by atoms with van der Waals surface area (Å²) in [5.41, 5.74) is 2.89. The van der Waals surface area contributed by atoms with Crippen molar-refractivity contribution in [1.82, 2.24) is 10.2 Å². The van der Waals surface area contributed by atoms with E-state index in [0.717, 1.165) is 16.7 Å². The third-order valence-corrected chi connectivity index (χ3v) is 4.17. The minimum Gasteiger partial charge on any atom is -0.392 e. The van der Waals surface area contributed by atoms with Crippen LogP contribution < -0.4 is 5.32 Å². The van der Waals surface area contributed by atoms with Crippen LogP contribution >= 0.6 is 0 Å². The second-order valence-corrected chi connectivity index (χ2v) is 5.50. The predicted octanol–water partition coefficient (Wildman–Crippen LogP) is 0.485. The number of carbonyl (C=O) groups excluding carboxylic acids is 3. The number of amides is 2. The highest BCUT2D eigenvalue weighted by atomic mass is 16.2. The Kier molecular flexibility index (Phi) is 4.10. The highest BCUT2D eigenvalue weighted by Crippen LogP contribution is 2.36. The number of fused-ring (bicyclic) bond motifs is 1. The van der Waals surface area contributed by atoms with Gasteiger partial charge in [-0.25, -0.2) is 4.79 Å². The van der Waals surface area contributed by atoms with E-state index < -0.39 is 6.04 Å². The maximum Gasteiger partial charge on any atom is 0.249 e. The average molecular weight is 312 g/mol. The molecule has 2 aliphatic heterocycles. The van der Waals surface area contributed by atoms with Crippen LogP contribution in [0, 0.1) is 0 Å². The molecule has 23 heavy (non-hydrogen) atoms. The molecule has 2 heterocycles. The fourth-order valence-corrected chi connectivity index (χ4v) is 3.10. The number of rotatable bonds is 3. The largest absolute Gasteiger partial charge is 0.392 e. The monoisotopic (exact) mass is 312 g/mol. The highest BCUT2D eigenvalue weighted by Gasteiger charge is 2.38. The molecule has 2 N–H and O–H groups in total. The second-order valence-electron chi connectivity index (χ2n) is 5.50. The Morgan fingerprint density at radius 3 is 2.91 bits per heavy atom. The molecule has 0 aromatic heterocycles. The van der Waals surface area contributed by atoms with E-state index in [-0.39, 0.29) is 24.8 Å². The van der Waals surface area contributed by atoms with Crippen LogP contribution in [-0.4, -0.2) is 40.4 Å². The molecule has 0 spiro atoms. The van der Waals surface area contributed by atoms with Crippen molar-refractivity contribution in [3.8, 4) is 0 Å². The van der Waals surface area contributed by atoms with Gasteiger partial charge >= 0.3 is 0 Å². The van der Waals surface area contributed by atoms with Gasteiger partial charge in [0, 0.05) is 18.5 Å². The molecular weight excluding hydrogens is 296 g/mol. The predicted molar refractivity (Wildman–Crippen MR) is 83.4 cm³/mol. The zero-order chi connectivity index (χ0) is 16.4. The number of piperidine rings is 1. The standard InChI is InChI=1S/C17H16N2O4/c20-8-2-4-11-3-1-5-12-13(11)9-19(15(12)10-21)14-6-7-16(22)18-17(14)23/h1-5,14,20H,6-9H2,(H,18,22,23). The molecule has 1 aromatic rings. The van der Waals surface area contributed by atoms with Crippen molar-refractivity contribution in [2.45, 2.75) is 25.4 Å². The lowest BCUT2D eigenvalue weighted by atomic mass is 10.0. The summed E-state index contributed by atoms with van der Waals surface area (Å²) < 4.78 is 0. The molecule has 2 aliphatic rings. The normalized spacial score (nSPS) is 20.7. The number of hydrogen-bond acceptors (Lipinski definition) is 5. The topological polar surface area (TPSA) is 86.7 Å². The third-order valence-electron chi connectivity index (χ3n) is 4.17. The van der Waals surface area contributed by atoms with Crippen LogP contribution in [0.2, 0.25) is 0 Å². The van der Waals surface area contributed by atoms with Crippen LogP contribution in [0.1, 0.15) is 29.5 Å². The van der Waals surface area contributed by atoms with Gasteiger partial charge in [0.2, 0.25) is 11.8 Å². The van der Waals surface area contributed by atoms with E-state index in [0.29, 0.717) is 18.7 Å². The smallest absolute Gasteiger partial charge is 0.249 e. The number of benzene rings is 1. The summed E-state index contributed by atoms with van der Waals surface area (Å²) in [7, 11) is 0. The molecule has 2 amide bonds. The van der Waals surface area contributed by atoms with Gasteiger partial charge in [-0.3, -0.25) is 14.9 Å². The van der Waals surface area contributed by atoms with Crippen LogP contribution in [0.4, 0.5) is 0 Å². The Labute approximate surface area is 133 Å². The minimum absolute atomic E-state index is 0.0725. The Hall–Kier alpha value is -2.69. The number of aliphatic hydroxyl groups is 1. The van der Waals surface area contributed by atoms with E-state index in [1.165, 1.54) is 0 Å².